The quantitative estimate of drug-likeness (QED) is 0.410. The predicted molar refractivity (Wildman–Crippen MR) is 132 cm³/mol. The number of likely N-dealkylation sites (N-methyl/N-ethyl adjacent to an activating group) is 1. The van der Waals surface area contributed by atoms with Crippen LogP contribution in [0.25, 0.3) is 0 Å². The molecule has 6 nitrogen and oxygen atoms in total. The van der Waals surface area contributed by atoms with E-state index in [9.17, 15) is 5.26 Å². The maximum absolute atomic E-state index is 10.5. The van der Waals surface area contributed by atoms with E-state index >= 15 is 0 Å². The molecule has 0 saturated carbocycles. The van der Waals surface area contributed by atoms with Crippen molar-refractivity contribution in [1.82, 2.24) is 4.90 Å². The lowest BCUT2D eigenvalue weighted by molar-refractivity contribution is 0.292. The average Bonchev–Trinajstić information content (AvgIpc) is 2.91. The van der Waals surface area contributed by atoms with Gasteiger partial charge in [-0.25, -0.2) is 0 Å². The van der Waals surface area contributed by atoms with Gasteiger partial charge < -0.3 is 23.8 Å². The Morgan fingerprint density at radius 3 is 2.27 bits per heavy atom. The van der Waals surface area contributed by atoms with Gasteiger partial charge in [-0.05, 0) is 74.0 Å². The van der Waals surface area contributed by atoms with Crippen LogP contribution in [0, 0.1) is 17.2 Å². The zero-order chi connectivity index (χ0) is 34.8. The fraction of sp³-hybridized carbons (Fsp3) is 0.519. The molecule has 2 aromatic rings. The van der Waals surface area contributed by atoms with E-state index < -0.39 is 44.7 Å². The molecule has 0 aliphatic rings. The van der Waals surface area contributed by atoms with Gasteiger partial charge in [0.05, 0.1) is 48.0 Å². The Morgan fingerprint density at radius 2 is 1.64 bits per heavy atom. The lowest BCUT2D eigenvalue weighted by Gasteiger charge is -2.32. The number of nitrogens with zero attached hydrogens (tertiary/aromatic N) is 2. The third-order valence-corrected chi connectivity index (χ3v) is 5.35. The molecule has 0 amide bonds. The highest BCUT2D eigenvalue weighted by Crippen LogP contribution is 2.40. The Morgan fingerprint density at radius 1 is 1.00 bits per heavy atom. The lowest BCUT2D eigenvalue weighted by atomic mass is 9.69. The summed E-state index contributed by atoms with van der Waals surface area (Å²) in [5.41, 5.74) is -1.74. The van der Waals surface area contributed by atoms with E-state index in [1.54, 1.807) is 13.8 Å². The molecule has 0 aliphatic heterocycles. The van der Waals surface area contributed by atoms with E-state index in [4.69, 9.17) is 35.4 Å². The summed E-state index contributed by atoms with van der Waals surface area (Å²) in [6.45, 7) is -0.101. The monoisotopic (exact) mass is 466 g/mol. The number of ether oxygens (including phenoxy) is 4. The summed E-state index contributed by atoms with van der Waals surface area (Å²) in [4.78, 5) is 0.957. The summed E-state index contributed by atoms with van der Waals surface area (Å²) in [6, 6.07) is 10.1. The molecule has 6 heteroatoms. The van der Waals surface area contributed by atoms with Crippen LogP contribution in [0.5, 0.6) is 23.0 Å². The molecular formula is C27H38N2O4. The first-order chi connectivity index (χ1) is 20.4. The highest BCUT2D eigenvalue weighted by Gasteiger charge is 2.36. The van der Waals surface area contributed by atoms with Gasteiger partial charge in [-0.1, -0.05) is 26.0 Å². The fourth-order valence-corrected chi connectivity index (χ4v) is 3.30. The van der Waals surface area contributed by atoms with Crippen LogP contribution in [0.4, 0.5) is 0 Å². The van der Waals surface area contributed by atoms with E-state index in [0.29, 0.717) is 11.3 Å². The number of rotatable bonds is 13. The third-order valence-electron chi connectivity index (χ3n) is 5.35. The summed E-state index contributed by atoms with van der Waals surface area (Å²) >= 11 is 0. The third kappa shape index (κ3) is 6.33. The van der Waals surface area contributed by atoms with Gasteiger partial charge in [0.1, 0.15) is 0 Å². The van der Waals surface area contributed by atoms with Gasteiger partial charge in [0.15, 0.2) is 23.0 Å². The second kappa shape index (κ2) is 12.4. The second-order valence-corrected chi connectivity index (χ2v) is 7.66. The molecular weight excluding hydrogens is 416 g/mol. The fourth-order valence-electron chi connectivity index (χ4n) is 3.30. The number of nitriles is 1. The average molecular weight is 467 g/mol. The summed E-state index contributed by atoms with van der Waals surface area (Å²) in [5.74, 6) is -1.07. The van der Waals surface area contributed by atoms with Crippen LogP contribution in [0.2, 0.25) is 0 Å². The van der Waals surface area contributed by atoms with Crippen molar-refractivity contribution in [2.75, 3.05) is 48.4 Å². The zero-order valence-corrected chi connectivity index (χ0v) is 19.5. The maximum Gasteiger partial charge on any atom is 0.161 e. The van der Waals surface area contributed by atoms with Crippen LogP contribution in [0.1, 0.15) is 54.2 Å². The first-order valence-electron chi connectivity index (χ1n) is 16.3. The van der Waals surface area contributed by atoms with Crippen LogP contribution in [-0.2, 0) is 11.8 Å². The van der Waals surface area contributed by atoms with E-state index in [-0.39, 0.29) is 35.8 Å². The lowest BCUT2D eigenvalue weighted by Crippen LogP contribution is -2.32. The molecule has 0 aromatic heterocycles. The molecule has 2 rings (SSSR count). The number of hydrogen-bond acceptors (Lipinski definition) is 6. The minimum absolute atomic E-state index is 0.0102. The zero-order valence-electron chi connectivity index (χ0n) is 31.5. The van der Waals surface area contributed by atoms with Gasteiger partial charge in [0, 0.05) is 14.8 Å². The molecule has 180 valence electrons. The minimum atomic E-state index is -3.30. The number of benzene rings is 2. The van der Waals surface area contributed by atoms with Gasteiger partial charge in [-0.15, -0.1) is 0 Å². The van der Waals surface area contributed by atoms with Crippen molar-refractivity contribution in [3.8, 4) is 29.1 Å². The molecule has 1 unspecified atom stereocenters. The van der Waals surface area contributed by atoms with Crippen molar-refractivity contribution < 1.29 is 35.4 Å². The molecule has 0 aliphatic carbocycles. The molecule has 0 N–H and O–H groups in total. The molecule has 33 heavy (non-hydrogen) atoms. The highest BCUT2D eigenvalue weighted by molar-refractivity contribution is 5.47. The van der Waals surface area contributed by atoms with Crippen LogP contribution in [0.15, 0.2) is 36.4 Å². The van der Waals surface area contributed by atoms with Crippen LogP contribution in [0.3, 0.4) is 0 Å². The normalized spacial score (nSPS) is 20.3. The molecule has 0 saturated heterocycles. The van der Waals surface area contributed by atoms with Gasteiger partial charge in [-0.3, -0.25) is 0 Å². The second-order valence-electron chi connectivity index (χ2n) is 7.66. The van der Waals surface area contributed by atoms with Gasteiger partial charge in [0.2, 0.25) is 0 Å². The molecule has 0 heterocycles. The van der Waals surface area contributed by atoms with Crippen molar-refractivity contribution in [3.63, 3.8) is 0 Å². The van der Waals surface area contributed by atoms with E-state index in [2.05, 4.69) is 0 Å². The van der Waals surface area contributed by atoms with E-state index in [1.165, 1.54) is 57.7 Å². The van der Waals surface area contributed by atoms with Crippen molar-refractivity contribution in [3.05, 3.63) is 47.5 Å². The largest absolute Gasteiger partial charge is 0.493 e. The molecule has 0 fully saturated rings. The van der Waals surface area contributed by atoms with E-state index in [1.807, 2.05) is 6.07 Å². The predicted octanol–water partition coefficient (Wildman–Crippen LogP) is 5.09. The Kier molecular flexibility index (Phi) is 5.14. The number of hydrogen-bond donors (Lipinski definition) is 0. The molecule has 2 aromatic carbocycles. The SMILES string of the molecule is [2H]C([2H])([2H])Oc1ccc(CCN(C)C([2H])([2H])C([2H])([2H])C([2H])([2H])C(C#N)(c2ccc(OC)c(OC)c2)C(C)C)cc1OC([2H])([2H])[2H]. The van der Waals surface area contributed by atoms with Crippen molar-refractivity contribution in [1.29, 1.82) is 5.26 Å². The molecule has 0 radical (unpaired) electrons. The van der Waals surface area contributed by atoms with Crippen molar-refractivity contribution in [2.24, 2.45) is 5.92 Å². The standard InChI is InChI=1S/C27H38N2O4/c1-20(2)27(19-28,22-10-12-24(31-5)26(18-22)33-7)14-8-15-29(3)16-13-21-9-11-23(30-4)25(17-21)32-6/h9-12,17-18,20H,8,13-16H2,1-7H3/i4D3,6D3,8D2,14D2,15D2. The Hall–Kier alpha value is -2.91. The van der Waals surface area contributed by atoms with Gasteiger partial charge in [0.25, 0.3) is 0 Å². The highest BCUT2D eigenvalue weighted by atomic mass is 16.5. The van der Waals surface area contributed by atoms with Crippen LogP contribution >= 0.6 is 0 Å². The van der Waals surface area contributed by atoms with Gasteiger partial charge >= 0.3 is 0 Å². The summed E-state index contributed by atoms with van der Waals surface area (Å²) in [6.07, 6.45) is -6.44. The molecule has 0 spiro atoms. The minimum Gasteiger partial charge on any atom is -0.493 e. The first kappa shape index (κ1) is 13.7. The van der Waals surface area contributed by atoms with Crippen molar-refractivity contribution >= 4 is 0 Å². The van der Waals surface area contributed by atoms with Crippen LogP contribution < -0.4 is 18.9 Å². The van der Waals surface area contributed by atoms with Gasteiger partial charge in [-0.2, -0.15) is 5.26 Å². The summed E-state index contributed by atoms with van der Waals surface area (Å²) in [5, 5.41) is 10.5. The Balaban J connectivity index is 2.49. The molecule has 1 atom stereocenters. The van der Waals surface area contributed by atoms with Crippen molar-refractivity contribution in [2.45, 2.75) is 38.4 Å². The topological polar surface area (TPSA) is 64.0 Å². The summed E-state index contributed by atoms with van der Waals surface area (Å²) < 4.78 is 118. The summed E-state index contributed by atoms with van der Waals surface area (Å²) in [7, 11) is -1.81. The van der Waals surface area contributed by atoms with E-state index in [0.717, 1.165) is 4.90 Å². The maximum atomic E-state index is 10.5. The molecule has 0 bridgehead atoms. The first-order valence-corrected chi connectivity index (χ1v) is 10.3. The Labute approximate surface area is 215 Å². The smallest absolute Gasteiger partial charge is 0.161 e. The van der Waals surface area contributed by atoms with Crippen LogP contribution in [-0.4, -0.2) is 53.3 Å². The number of methoxy groups -OCH3 is 4. The Bertz CT molecular complexity index is 1370.